The molecule has 6 nitrogen and oxygen atoms in total. The van der Waals surface area contributed by atoms with Crippen molar-refractivity contribution in [3.63, 3.8) is 0 Å². The Balaban J connectivity index is 1.42. The molecule has 0 unspecified atom stereocenters. The lowest BCUT2D eigenvalue weighted by atomic mass is 9.63. The summed E-state index contributed by atoms with van der Waals surface area (Å²) in [4.78, 5) is 54.9. The number of imide groups is 1. The molecular formula is C27H22Cl2N2O4. The van der Waals surface area contributed by atoms with E-state index >= 15 is 0 Å². The first-order valence-corrected chi connectivity index (χ1v) is 12.5. The Kier molecular flexibility index (Phi) is 5.17. The average Bonchev–Trinajstić information content (AvgIpc) is 3.64. The van der Waals surface area contributed by atoms with Crippen LogP contribution in [0.1, 0.15) is 34.1 Å². The number of hydrazine groups is 1. The number of carbonyl (C=O) groups is 4. The first kappa shape index (κ1) is 22.5. The first-order valence-electron chi connectivity index (χ1n) is 11.7. The fraction of sp³-hybridized carbons (Fsp3) is 0.333. The molecule has 8 heteroatoms. The first-order chi connectivity index (χ1) is 16.8. The fourth-order valence-electron chi connectivity index (χ4n) is 6.33. The standard InChI is InChI=1S/C27H22Cl2N2O4/c1-13(24(32)14-5-3-2-4-6-14)30(25(33)18-8-7-15(28)11-21(18)29)31-26(34)22-16-9-10-17(20-12-19(16)20)23(22)27(31)35/h2-11,13,16-17,19-20,22-23H,12H2,1H3/t13-,16+,17+,19-,20+,22-,23+/m1/s1. The third-order valence-corrected chi connectivity index (χ3v) is 8.58. The van der Waals surface area contributed by atoms with E-state index in [4.69, 9.17) is 23.2 Å². The summed E-state index contributed by atoms with van der Waals surface area (Å²) < 4.78 is 0. The molecular weight excluding hydrogens is 487 g/mol. The number of amides is 3. The van der Waals surface area contributed by atoms with Gasteiger partial charge in [-0.3, -0.25) is 19.2 Å². The second-order valence-electron chi connectivity index (χ2n) is 9.82. The van der Waals surface area contributed by atoms with E-state index in [1.807, 2.05) is 0 Å². The normalized spacial score (nSPS) is 30.7. The van der Waals surface area contributed by atoms with Crippen molar-refractivity contribution in [3.05, 3.63) is 81.9 Å². The number of hydrogen-bond donors (Lipinski definition) is 0. The Bertz CT molecular complexity index is 1270. The van der Waals surface area contributed by atoms with Crippen molar-refractivity contribution in [2.24, 2.45) is 35.5 Å². The Labute approximate surface area is 212 Å². The van der Waals surface area contributed by atoms with Crippen LogP contribution in [0.2, 0.25) is 10.0 Å². The van der Waals surface area contributed by atoms with Gasteiger partial charge < -0.3 is 0 Å². The van der Waals surface area contributed by atoms with Crippen molar-refractivity contribution in [3.8, 4) is 0 Å². The van der Waals surface area contributed by atoms with E-state index in [1.54, 1.807) is 30.3 Å². The summed E-state index contributed by atoms with van der Waals surface area (Å²) in [6.45, 7) is 1.53. The Morgan fingerprint density at radius 1 is 0.943 bits per heavy atom. The lowest BCUT2D eigenvalue weighted by Crippen LogP contribution is -2.56. The summed E-state index contributed by atoms with van der Waals surface area (Å²) in [6, 6.07) is 11.8. The van der Waals surface area contributed by atoms with Crippen molar-refractivity contribution >= 4 is 46.7 Å². The van der Waals surface area contributed by atoms with Crippen LogP contribution in [-0.2, 0) is 9.59 Å². The topological polar surface area (TPSA) is 74.8 Å². The highest BCUT2D eigenvalue weighted by atomic mass is 35.5. The maximum absolute atomic E-state index is 13.9. The number of carbonyl (C=O) groups excluding carboxylic acids is 4. The van der Waals surface area contributed by atoms with Gasteiger partial charge in [-0.05, 0) is 55.2 Å². The van der Waals surface area contributed by atoms with E-state index in [-0.39, 0.29) is 28.2 Å². The molecule has 1 aliphatic heterocycles. The Hall–Kier alpha value is -2.96. The van der Waals surface area contributed by atoms with Gasteiger partial charge in [0.1, 0.15) is 6.04 Å². The molecule has 0 aromatic heterocycles. The van der Waals surface area contributed by atoms with E-state index in [2.05, 4.69) is 12.2 Å². The van der Waals surface area contributed by atoms with Gasteiger partial charge in [0.05, 0.1) is 22.4 Å². The molecule has 1 saturated heterocycles. The summed E-state index contributed by atoms with van der Waals surface area (Å²) in [5, 5.41) is 2.36. The van der Waals surface area contributed by atoms with Crippen LogP contribution in [0, 0.1) is 35.5 Å². The zero-order valence-corrected chi connectivity index (χ0v) is 20.3. The van der Waals surface area contributed by atoms with Gasteiger partial charge in [-0.25, -0.2) is 5.01 Å². The SMILES string of the molecule is C[C@H](C(=O)c1ccccc1)N(C(=O)c1ccc(Cl)cc1Cl)N1C(=O)[C@@H]2[C@H]3C=C[C@@H]([C@@H]4C[C@H]34)[C@@H]2C1=O. The smallest absolute Gasteiger partial charge is 0.275 e. The number of ketones is 1. The molecule has 5 aliphatic rings. The predicted molar refractivity (Wildman–Crippen MR) is 129 cm³/mol. The van der Waals surface area contributed by atoms with Crippen LogP contribution in [0.5, 0.6) is 0 Å². The molecule has 178 valence electrons. The fourth-order valence-corrected chi connectivity index (χ4v) is 6.82. The van der Waals surface area contributed by atoms with Gasteiger partial charge in [-0.1, -0.05) is 65.7 Å². The monoisotopic (exact) mass is 508 g/mol. The second-order valence-corrected chi connectivity index (χ2v) is 10.7. The van der Waals surface area contributed by atoms with Crippen molar-refractivity contribution in [2.75, 3.05) is 0 Å². The third-order valence-electron chi connectivity index (χ3n) is 8.03. The predicted octanol–water partition coefficient (Wildman–Crippen LogP) is 4.68. The van der Waals surface area contributed by atoms with Crippen LogP contribution >= 0.6 is 23.2 Å². The number of rotatable bonds is 5. The van der Waals surface area contributed by atoms with Gasteiger partial charge in [0.2, 0.25) is 0 Å². The van der Waals surface area contributed by atoms with Crippen LogP contribution in [0.15, 0.2) is 60.7 Å². The number of allylic oxidation sites excluding steroid dienone is 2. The van der Waals surface area contributed by atoms with E-state index in [0.717, 1.165) is 16.4 Å². The van der Waals surface area contributed by atoms with Gasteiger partial charge in [0.15, 0.2) is 5.78 Å². The van der Waals surface area contributed by atoms with Crippen LogP contribution in [-0.4, -0.2) is 39.6 Å². The number of benzene rings is 2. The largest absolute Gasteiger partial charge is 0.292 e. The van der Waals surface area contributed by atoms with Crippen molar-refractivity contribution in [1.82, 2.24) is 10.0 Å². The molecule has 3 fully saturated rings. The zero-order chi connectivity index (χ0) is 24.6. The second kappa shape index (κ2) is 8.04. The molecule has 4 aliphatic carbocycles. The molecule has 0 radical (unpaired) electrons. The van der Waals surface area contributed by atoms with Gasteiger partial charge in [-0.2, -0.15) is 5.01 Å². The van der Waals surface area contributed by atoms with Crippen LogP contribution in [0.3, 0.4) is 0 Å². The molecule has 2 aromatic carbocycles. The van der Waals surface area contributed by atoms with Crippen LogP contribution < -0.4 is 0 Å². The molecule has 2 bridgehead atoms. The van der Waals surface area contributed by atoms with Gasteiger partial charge in [-0.15, -0.1) is 0 Å². The molecule has 2 aromatic rings. The summed E-state index contributed by atoms with van der Waals surface area (Å²) in [6.07, 6.45) is 5.16. The molecule has 0 spiro atoms. The summed E-state index contributed by atoms with van der Waals surface area (Å²) in [7, 11) is 0. The van der Waals surface area contributed by atoms with Gasteiger partial charge in [0.25, 0.3) is 17.7 Å². The molecule has 2 saturated carbocycles. The number of halogens is 2. The van der Waals surface area contributed by atoms with E-state index in [1.165, 1.54) is 25.1 Å². The lowest BCUT2D eigenvalue weighted by molar-refractivity contribution is -0.156. The van der Waals surface area contributed by atoms with Crippen LogP contribution in [0.4, 0.5) is 0 Å². The maximum atomic E-state index is 13.9. The highest BCUT2D eigenvalue weighted by Crippen LogP contribution is 2.65. The Morgan fingerprint density at radius 2 is 1.54 bits per heavy atom. The van der Waals surface area contributed by atoms with Gasteiger partial charge in [0, 0.05) is 10.6 Å². The van der Waals surface area contributed by atoms with Crippen molar-refractivity contribution in [2.45, 2.75) is 19.4 Å². The van der Waals surface area contributed by atoms with E-state index < -0.39 is 35.6 Å². The quantitative estimate of drug-likeness (QED) is 0.334. The maximum Gasteiger partial charge on any atom is 0.275 e. The highest BCUT2D eigenvalue weighted by molar-refractivity contribution is 6.36. The Morgan fingerprint density at radius 3 is 2.11 bits per heavy atom. The molecule has 7 rings (SSSR count). The number of nitrogens with zero attached hydrogens (tertiary/aromatic N) is 2. The summed E-state index contributed by atoms with van der Waals surface area (Å²) in [5.41, 5.74) is 0.433. The summed E-state index contributed by atoms with van der Waals surface area (Å²) in [5.74, 6) is -2.11. The van der Waals surface area contributed by atoms with E-state index in [0.29, 0.717) is 22.4 Å². The molecule has 1 heterocycles. The van der Waals surface area contributed by atoms with Crippen molar-refractivity contribution < 1.29 is 19.2 Å². The van der Waals surface area contributed by atoms with Crippen LogP contribution in [0.25, 0.3) is 0 Å². The molecule has 35 heavy (non-hydrogen) atoms. The molecule has 7 atom stereocenters. The molecule has 3 amide bonds. The average molecular weight is 509 g/mol. The summed E-state index contributed by atoms with van der Waals surface area (Å²) >= 11 is 12.4. The minimum atomic E-state index is -1.12. The molecule has 0 N–H and O–H groups in total. The van der Waals surface area contributed by atoms with Crippen molar-refractivity contribution in [1.29, 1.82) is 0 Å². The zero-order valence-electron chi connectivity index (χ0n) is 18.8. The van der Waals surface area contributed by atoms with E-state index in [9.17, 15) is 19.2 Å². The highest BCUT2D eigenvalue weighted by Gasteiger charge is 2.68. The van der Waals surface area contributed by atoms with Gasteiger partial charge >= 0.3 is 0 Å². The number of Topliss-reactive ketones (excluding diaryl/α,β-unsaturated/α-hetero) is 1. The number of hydrogen-bond acceptors (Lipinski definition) is 4. The lowest BCUT2D eigenvalue weighted by Gasteiger charge is -2.37. The minimum Gasteiger partial charge on any atom is -0.292 e. The minimum absolute atomic E-state index is 0.00680. The third kappa shape index (κ3) is 3.30.